The highest BCUT2D eigenvalue weighted by Crippen LogP contribution is 2.40. The van der Waals surface area contributed by atoms with Crippen molar-refractivity contribution in [3.63, 3.8) is 0 Å². The Morgan fingerprint density at radius 2 is 2.05 bits per heavy atom. The fourth-order valence-corrected chi connectivity index (χ4v) is 2.17. The highest BCUT2D eigenvalue weighted by Gasteiger charge is 2.39. The number of rotatable bonds is 3. The summed E-state index contributed by atoms with van der Waals surface area (Å²) in [6.45, 7) is 1.31. The Morgan fingerprint density at radius 1 is 1.41 bits per heavy atom. The maximum atomic E-state index is 12.8. The van der Waals surface area contributed by atoms with Gasteiger partial charge < -0.3 is 10.5 Å². The average Bonchev–Trinajstić information content (AvgIpc) is 2.65. The van der Waals surface area contributed by atoms with E-state index < -0.39 is 22.8 Å². The van der Waals surface area contributed by atoms with Crippen molar-refractivity contribution in [3.8, 4) is 11.6 Å². The van der Waals surface area contributed by atoms with Crippen molar-refractivity contribution >= 4 is 23.1 Å². The van der Waals surface area contributed by atoms with E-state index in [9.17, 15) is 18.0 Å². The van der Waals surface area contributed by atoms with Gasteiger partial charge in [-0.2, -0.15) is 13.2 Å². The summed E-state index contributed by atoms with van der Waals surface area (Å²) in [5.74, 6) is -0.602. The molecule has 2 rings (SSSR count). The molecule has 2 aromatic rings. The smallest absolute Gasteiger partial charge is 0.434 e. The van der Waals surface area contributed by atoms with Gasteiger partial charge in [-0.15, -0.1) is 5.10 Å². The molecular formula is C13H11ClF3N3O2. The number of aromatic nitrogens is 2. The molecule has 0 amide bonds. The quantitative estimate of drug-likeness (QED) is 0.687. The van der Waals surface area contributed by atoms with Gasteiger partial charge in [-0.25, -0.2) is 0 Å². The molecule has 0 radical (unpaired) electrons. The van der Waals surface area contributed by atoms with Crippen LogP contribution in [0.25, 0.3) is 0 Å². The normalized spacial score (nSPS) is 11.5. The van der Waals surface area contributed by atoms with Crippen molar-refractivity contribution in [1.82, 2.24) is 9.78 Å². The van der Waals surface area contributed by atoms with Gasteiger partial charge in [0.15, 0.2) is 11.5 Å². The molecule has 0 aliphatic heterocycles. The second-order valence-corrected chi connectivity index (χ2v) is 4.87. The predicted octanol–water partition coefficient (Wildman–Crippen LogP) is 3.67. The van der Waals surface area contributed by atoms with Gasteiger partial charge in [-0.1, -0.05) is 11.6 Å². The Labute approximate surface area is 128 Å². The lowest BCUT2D eigenvalue weighted by molar-refractivity contribution is -0.143. The number of anilines is 1. The standard InChI is InChI=1S/C13H11ClF3N3O2/c1-6(21)8-5-7(3-4-9(8)18)22-12-10(14)11(13(15,16)17)20(2)19-12/h3-5H,18H2,1-2H3. The molecule has 1 aromatic carbocycles. The van der Waals surface area contributed by atoms with Crippen molar-refractivity contribution in [3.05, 3.63) is 34.5 Å². The molecule has 0 aliphatic carbocycles. The number of carbonyl (C=O) groups is 1. The first kappa shape index (κ1) is 16.2. The van der Waals surface area contributed by atoms with Crippen LogP contribution in [0.15, 0.2) is 18.2 Å². The van der Waals surface area contributed by atoms with Crippen molar-refractivity contribution in [2.24, 2.45) is 7.05 Å². The molecular weight excluding hydrogens is 323 g/mol. The van der Waals surface area contributed by atoms with E-state index in [1.165, 1.54) is 25.1 Å². The monoisotopic (exact) mass is 333 g/mol. The minimum atomic E-state index is -4.66. The first-order chi connectivity index (χ1) is 10.1. The number of aryl methyl sites for hydroxylation is 1. The number of halogens is 4. The molecule has 0 saturated carbocycles. The van der Waals surface area contributed by atoms with Gasteiger partial charge in [0.05, 0.1) is 0 Å². The fraction of sp³-hybridized carbons (Fsp3) is 0.231. The highest BCUT2D eigenvalue weighted by molar-refractivity contribution is 6.32. The lowest BCUT2D eigenvalue weighted by Crippen LogP contribution is -2.12. The second-order valence-electron chi connectivity index (χ2n) is 4.50. The number of alkyl halides is 3. The first-order valence-corrected chi connectivity index (χ1v) is 6.37. The molecule has 0 fully saturated rings. The third-order valence-corrected chi connectivity index (χ3v) is 3.19. The molecule has 1 heterocycles. The second kappa shape index (κ2) is 5.53. The van der Waals surface area contributed by atoms with Gasteiger partial charge in [0.2, 0.25) is 0 Å². The van der Waals surface area contributed by atoms with Crippen LogP contribution in [0.1, 0.15) is 23.0 Å². The highest BCUT2D eigenvalue weighted by atomic mass is 35.5. The molecule has 0 atom stereocenters. The van der Waals surface area contributed by atoms with Crippen LogP contribution in [0.4, 0.5) is 18.9 Å². The van der Waals surface area contributed by atoms with Crippen molar-refractivity contribution in [2.45, 2.75) is 13.1 Å². The molecule has 2 N–H and O–H groups in total. The lowest BCUT2D eigenvalue weighted by atomic mass is 10.1. The summed E-state index contributed by atoms with van der Waals surface area (Å²) in [5.41, 5.74) is 4.94. The maximum absolute atomic E-state index is 12.8. The Bertz CT molecular complexity index is 741. The SMILES string of the molecule is CC(=O)c1cc(Oc2nn(C)c(C(F)(F)F)c2Cl)ccc1N. The predicted molar refractivity (Wildman–Crippen MR) is 74.2 cm³/mol. The molecule has 0 bridgehead atoms. The zero-order valence-electron chi connectivity index (χ0n) is 11.5. The number of hydrogen-bond acceptors (Lipinski definition) is 4. The Kier molecular flexibility index (Phi) is 4.06. The summed E-state index contributed by atoms with van der Waals surface area (Å²) in [6, 6.07) is 4.13. The van der Waals surface area contributed by atoms with Gasteiger partial charge in [0.1, 0.15) is 10.8 Å². The van der Waals surface area contributed by atoms with Crippen LogP contribution in [0.3, 0.4) is 0 Å². The minimum Gasteiger partial charge on any atom is -0.436 e. The Balaban J connectivity index is 2.41. The van der Waals surface area contributed by atoms with E-state index in [2.05, 4.69) is 5.10 Å². The van der Waals surface area contributed by atoms with Gasteiger partial charge in [-0.3, -0.25) is 9.48 Å². The summed E-state index contributed by atoms with van der Waals surface area (Å²) in [4.78, 5) is 11.4. The van der Waals surface area contributed by atoms with E-state index in [1.54, 1.807) is 0 Å². The number of nitrogens with zero attached hydrogens (tertiary/aromatic N) is 2. The van der Waals surface area contributed by atoms with E-state index in [0.717, 1.165) is 7.05 Å². The molecule has 5 nitrogen and oxygen atoms in total. The van der Waals surface area contributed by atoms with Crippen LogP contribution in [0, 0.1) is 0 Å². The summed E-state index contributed by atoms with van der Waals surface area (Å²) in [7, 11) is 1.10. The van der Waals surface area contributed by atoms with Crippen LogP contribution in [-0.2, 0) is 13.2 Å². The van der Waals surface area contributed by atoms with Crippen LogP contribution in [0.2, 0.25) is 5.02 Å². The molecule has 9 heteroatoms. The summed E-state index contributed by atoms with van der Waals surface area (Å²) in [6.07, 6.45) is -4.66. The Hall–Kier alpha value is -2.22. The largest absolute Gasteiger partial charge is 0.436 e. The number of carbonyl (C=O) groups excluding carboxylic acids is 1. The Morgan fingerprint density at radius 3 is 2.55 bits per heavy atom. The lowest BCUT2D eigenvalue weighted by Gasteiger charge is -2.07. The number of hydrogen-bond donors (Lipinski definition) is 1. The number of benzene rings is 1. The van der Waals surface area contributed by atoms with E-state index in [0.29, 0.717) is 4.68 Å². The maximum Gasteiger partial charge on any atom is 0.434 e. The van der Waals surface area contributed by atoms with Gasteiger partial charge in [-0.05, 0) is 25.1 Å². The molecule has 0 unspecified atom stereocenters. The zero-order chi connectivity index (χ0) is 16.7. The third kappa shape index (κ3) is 3.01. The van der Waals surface area contributed by atoms with Gasteiger partial charge in [0, 0.05) is 18.3 Å². The molecule has 0 saturated heterocycles. The molecule has 0 aliphatic rings. The third-order valence-electron chi connectivity index (χ3n) is 2.85. The number of ether oxygens (including phenoxy) is 1. The van der Waals surface area contributed by atoms with Crippen LogP contribution < -0.4 is 10.5 Å². The molecule has 1 aromatic heterocycles. The van der Waals surface area contributed by atoms with Gasteiger partial charge >= 0.3 is 6.18 Å². The number of Topliss-reactive ketones (excluding diaryl/α,β-unsaturated/α-hetero) is 1. The minimum absolute atomic E-state index is 0.105. The van der Waals surface area contributed by atoms with Gasteiger partial charge in [0.25, 0.3) is 5.88 Å². The zero-order valence-corrected chi connectivity index (χ0v) is 12.3. The number of nitrogens with two attached hydrogens (primary N) is 1. The van der Waals surface area contributed by atoms with E-state index in [-0.39, 0.29) is 22.8 Å². The average molecular weight is 334 g/mol. The molecule has 0 spiro atoms. The van der Waals surface area contributed by atoms with Crippen molar-refractivity contribution in [1.29, 1.82) is 0 Å². The molecule has 22 heavy (non-hydrogen) atoms. The van der Waals surface area contributed by atoms with Crippen molar-refractivity contribution < 1.29 is 22.7 Å². The molecule has 118 valence electrons. The fourth-order valence-electron chi connectivity index (χ4n) is 1.86. The van der Waals surface area contributed by atoms with Crippen LogP contribution in [0.5, 0.6) is 11.6 Å². The van der Waals surface area contributed by atoms with Crippen LogP contribution in [-0.4, -0.2) is 15.6 Å². The van der Waals surface area contributed by atoms with Crippen LogP contribution >= 0.6 is 11.6 Å². The summed E-state index contributed by atoms with van der Waals surface area (Å²) >= 11 is 5.68. The van der Waals surface area contributed by atoms with Crippen molar-refractivity contribution in [2.75, 3.05) is 5.73 Å². The topological polar surface area (TPSA) is 70.1 Å². The van der Waals surface area contributed by atoms with E-state index in [4.69, 9.17) is 22.1 Å². The van der Waals surface area contributed by atoms with E-state index >= 15 is 0 Å². The number of ketones is 1. The van der Waals surface area contributed by atoms with E-state index in [1.807, 2.05) is 0 Å². The number of nitrogen functional groups attached to an aromatic ring is 1. The summed E-state index contributed by atoms with van der Waals surface area (Å²) < 4.78 is 44.3. The summed E-state index contributed by atoms with van der Waals surface area (Å²) in [5, 5.41) is 2.94. The first-order valence-electron chi connectivity index (χ1n) is 5.99.